The molecular weight excluding hydrogens is 356 g/mol. The van der Waals surface area contributed by atoms with Gasteiger partial charge in [-0.1, -0.05) is 20.3 Å². The van der Waals surface area contributed by atoms with Crippen LogP contribution in [-0.4, -0.2) is 41.8 Å². The molecule has 0 aliphatic heterocycles. The van der Waals surface area contributed by atoms with E-state index in [0.717, 1.165) is 6.42 Å². The molecule has 26 heavy (non-hydrogen) atoms. The summed E-state index contributed by atoms with van der Waals surface area (Å²) in [6.45, 7) is 7.51. The Balaban J connectivity index is 0.00000625. The smallest absolute Gasteiger partial charge is 0.243 e. The number of carbonyl (C=O) groups is 3. The number of rotatable bonds is 8. The van der Waals surface area contributed by atoms with E-state index in [9.17, 15) is 14.4 Å². The Morgan fingerprint density at radius 2 is 1.58 bits per heavy atom. The summed E-state index contributed by atoms with van der Waals surface area (Å²) < 4.78 is 0. The van der Waals surface area contributed by atoms with Crippen molar-refractivity contribution in [1.82, 2.24) is 4.90 Å². The zero-order valence-corrected chi connectivity index (χ0v) is 16.6. The van der Waals surface area contributed by atoms with E-state index in [-0.39, 0.29) is 42.6 Å². The van der Waals surface area contributed by atoms with Crippen LogP contribution in [0.25, 0.3) is 0 Å². The van der Waals surface area contributed by atoms with Crippen molar-refractivity contribution in [3.63, 3.8) is 0 Å². The number of anilines is 2. The van der Waals surface area contributed by atoms with Crippen LogP contribution in [0.4, 0.5) is 11.4 Å². The molecule has 0 saturated carbocycles. The zero-order chi connectivity index (χ0) is 19.0. The van der Waals surface area contributed by atoms with Crippen molar-refractivity contribution in [3.05, 3.63) is 24.3 Å². The standard InChI is InChI=1S/C18H28N4O3.ClH/c1-5-12(3)17(19)18(25)22(6-2)11-16(24)21-15-9-7-14(8-10-15)20-13(4)23;/h7-10,12,17H,5-6,11,19H2,1-4H3,(H,20,23)(H,21,24);1H. The van der Waals surface area contributed by atoms with E-state index >= 15 is 0 Å². The second-order valence-electron chi connectivity index (χ2n) is 6.07. The average Bonchev–Trinajstić information content (AvgIpc) is 2.58. The third-order valence-corrected chi connectivity index (χ3v) is 4.06. The van der Waals surface area contributed by atoms with Crippen LogP contribution in [0, 0.1) is 5.92 Å². The predicted molar refractivity (Wildman–Crippen MR) is 106 cm³/mol. The van der Waals surface area contributed by atoms with Gasteiger partial charge in [0.05, 0.1) is 12.6 Å². The number of hydrogen-bond donors (Lipinski definition) is 3. The first kappa shape index (κ1) is 23.9. The second kappa shape index (κ2) is 11.5. The molecule has 1 aromatic rings. The maximum atomic E-state index is 12.4. The molecule has 0 spiro atoms. The molecule has 7 nitrogen and oxygen atoms in total. The summed E-state index contributed by atoms with van der Waals surface area (Å²) in [7, 11) is 0. The van der Waals surface area contributed by atoms with Gasteiger partial charge in [0.1, 0.15) is 0 Å². The Morgan fingerprint density at radius 1 is 1.08 bits per heavy atom. The number of likely N-dealkylation sites (N-methyl/N-ethyl adjacent to an activating group) is 1. The van der Waals surface area contributed by atoms with Crippen LogP contribution in [0.3, 0.4) is 0 Å². The van der Waals surface area contributed by atoms with E-state index in [1.165, 1.54) is 11.8 Å². The minimum Gasteiger partial charge on any atom is -0.332 e. The molecule has 0 saturated heterocycles. The molecule has 1 aromatic carbocycles. The number of hydrogen-bond acceptors (Lipinski definition) is 4. The number of nitrogens with two attached hydrogens (primary N) is 1. The lowest BCUT2D eigenvalue weighted by Crippen LogP contribution is -2.49. The minimum atomic E-state index is -0.602. The van der Waals surface area contributed by atoms with Crippen LogP contribution < -0.4 is 16.4 Å². The maximum Gasteiger partial charge on any atom is 0.243 e. The van der Waals surface area contributed by atoms with Crippen molar-refractivity contribution in [2.45, 2.75) is 40.2 Å². The van der Waals surface area contributed by atoms with E-state index in [1.807, 2.05) is 20.8 Å². The first-order valence-electron chi connectivity index (χ1n) is 8.50. The Hall–Kier alpha value is -2.12. The van der Waals surface area contributed by atoms with Crippen molar-refractivity contribution < 1.29 is 14.4 Å². The Kier molecular flexibility index (Phi) is 10.6. The first-order chi connectivity index (χ1) is 11.8. The van der Waals surface area contributed by atoms with Crippen LogP contribution in [-0.2, 0) is 14.4 Å². The highest BCUT2D eigenvalue weighted by Gasteiger charge is 2.25. The van der Waals surface area contributed by atoms with Gasteiger partial charge in [0.2, 0.25) is 17.7 Å². The summed E-state index contributed by atoms with van der Waals surface area (Å²) in [4.78, 5) is 37.0. The van der Waals surface area contributed by atoms with Gasteiger partial charge in [-0.3, -0.25) is 14.4 Å². The van der Waals surface area contributed by atoms with Crippen molar-refractivity contribution in [2.24, 2.45) is 11.7 Å². The van der Waals surface area contributed by atoms with Crippen LogP contribution in [0.2, 0.25) is 0 Å². The fourth-order valence-corrected chi connectivity index (χ4v) is 2.27. The molecule has 0 radical (unpaired) electrons. The summed E-state index contributed by atoms with van der Waals surface area (Å²) >= 11 is 0. The topological polar surface area (TPSA) is 105 Å². The molecular formula is C18H29ClN4O3. The van der Waals surface area contributed by atoms with Gasteiger partial charge in [0.25, 0.3) is 0 Å². The molecule has 2 unspecified atom stereocenters. The van der Waals surface area contributed by atoms with Crippen LogP contribution in [0.15, 0.2) is 24.3 Å². The van der Waals surface area contributed by atoms with Gasteiger partial charge < -0.3 is 21.3 Å². The minimum absolute atomic E-state index is 0. The molecule has 0 aromatic heterocycles. The van der Waals surface area contributed by atoms with E-state index in [2.05, 4.69) is 10.6 Å². The molecule has 8 heteroatoms. The number of amides is 3. The van der Waals surface area contributed by atoms with E-state index in [0.29, 0.717) is 17.9 Å². The fraction of sp³-hybridized carbons (Fsp3) is 0.500. The molecule has 0 aliphatic rings. The normalized spacial score (nSPS) is 12.3. The van der Waals surface area contributed by atoms with Gasteiger partial charge >= 0.3 is 0 Å². The SMILES string of the molecule is CCC(C)C(N)C(=O)N(CC)CC(=O)Nc1ccc(NC(C)=O)cc1.Cl. The van der Waals surface area contributed by atoms with E-state index in [4.69, 9.17) is 5.73 Å². The highest BCUT2D eigenvalue weighted by Crippen LogP contribution is 2.14. The third kappa shape index (κ3) is 7.41. The van der Waals surface area contributed by atoms with Gasteiger partial charge in [0.15, 0.2) is 0 Å². The van der Waals surface area contributed by atoms with Crippen LogP contribution >= 0.6 is 12.4 Å². The average molecular weight is 385 g/mol. The highest BCUT2D eigenvalue weighted by atomic mass is 35.5. The lowest BCUT2D eigenvalue weighted by Gasteiger charge is -2.26. The molecule has 4 N–H and O–H groups in total. The molecule has 3 amide bonds. The van der Waals surface area contributed by atoms with Gasteiger partial charge in [0, 0.05) is 24.8 Å². The van der Waals surface area contributed by atoms with Gasteiger partial charge in [-0.2, -0.15) is 0 Å². The summed E-state index contributed by atoms with van der Waals surface area (Å²) in [6, 6.07) is 6.16. The van der Waals surface area contributed by atoms with Gasteiger partial charge in [-0.05, 0) is 37.1 Å². The zero-order valence-electron chi connectivity index (χ0n) is 15.7. The molecule has 0 bridgehead atoms. The molecule has 2 atom stereocenters. The largest absolute Gasteiger partial charge is 0.332 e. The lowest BCUT2D eigenvalue weighted by atomic mass is 9.99. The Labute approximate surface area is 161 Å². The lowest BCUT2D eigenvalue weighted by molar-refractivity contribution is -0.136. The predicted octanol–water partition coefficient (Wildman–Crippen LogP) is 2.23. The Morgan fingerprint density at radius 3 is 2.00 bits per heavy atom. The molecule has 146 valence electrons. The van der Waals surface area contributed by atoms with Crippen molar-refractivity contribution >= 4 is 41.5 Å². The summed E-state index contributed by atoms with van der Waals surface area (Å²) in [5, 5.41) is 5.39. The molecule has 0 aliphatic carbocycles. The number of nitrogens with zero attached hydrogens (tertiary/aromatic N) is 1. The third-order valence-electron chi connectivity index (χ3n) is 4.06. The number of halogens is 1. The summed E-state index contributed by atoms with van der Waals surface area (Å²) in [5.41, 5.74) is 7.21. The van der Waals surface area contributed by atoms with Crippen LogP contribution in [0.5, 0.6) is 0 Å². The summed E-state index contributed by atoms with van der Waals surface area (Å²) in [5.74, 6) is -0.607. The highest BCUT2D eigenvalue weighted by molar-refractivity contribution is 5.95. The first-order valence-corrected chi connectivity index (χ1v) is 8.50. The van der Waals surface area contributed by atoms with Crippen LogP contribution in [0.1, 0.15) is 34.1 Å². The van der Waals surface area contributed by atoms with Gasteiger partial charge in [-0.25, -0.2) is 0 Å². The Bertz CT molecular complexity index is 607. The fourth-order valence-electron chi connectivity index (χ4n) is 2.27. The van der Waals surface area contributed by atoms with Crippen molar-refractivity contribution in [2.75, 3.05) is 23.7 Å². The molecule has 0 fully saturated rings. The van der Waals surface area contributed by atoms with Crippen molar-refractivity contribution in [3.8, 4) is 0 Å². The number of carbonyl (C=O) groups excluding carboxylic acids is 3. The quantitative estimate of drug-likeness (QED) is 0.639. The summed E-state index contributed by atoms with van der Waals surface area (Å²) in [6.07, 6.45) is 0.803. The monoisotopic (exact) mass is 384 g/mol. The maximum absolute atomic E-state index is 12.4. The van der Waals surface area contributed by atoms with Gasteiger partial charge in [-0.15, -0.1) is 12.4 Å². The second-order valence-corrected chi connectivity index (χ2v) is 6.07. The molecule has 1 rings (SSSR count). The molecule has 0 heterocycles. The number of benzene rings is 1. The van der Waals surface area contributed by atoms with Crippen molar-refractivity contribution in [1.29, 1.82) is 0 Å². The van der Waals surface area contributed by atoms with E-state index < -0.39 is 6.04 Å². The number of nitrogens with one attached hydrogen (secondary N) is 2. The van der Waals surface area contributed by atoms with E-state index in [1.54, 1.807) is 24.3 Å².